The predicted octanol–water partition coefficient (Wildman–Crippen LogP) is 4.37. The van der Waals surface area contributed by atoms with E-state index in [2.05, 4.69) is 0 Å². The molecule has 0 N–H and O–H groups in total. The Morgan fingerprint density at radius 1 is 0.886 bits per heavy atom. The average molecular weight is 493 g/mol. The van der Waals surface area contributed by atoms with E-state index in [0.717, 1.165) is 16.2 Å². The van der Waals surface area contributed by atoms with Crippen LogP contribution in [-0.4, -0.2) is 36.9 Å². The van der Waals surface area contributed by atoms with E-state index in [4.69, 9.17) is 16.4 Å². The van der Waals surface area contributed by atoms with Gasteiger partial charge < -0.3 is 4.90 Å². The Balaban J connectivity index is 1.54. The van der Waals surface area contributed by atoms with E-state index < -0.39 is 34.8 Å². The van der Waals surface area contributed by atoms with Crippen molar-refractivity contribution in [1.29, 1.82) is 0 Å². The van der Waals surface area contributed by atoms with Crippen molar-refractivity contribution < 1.29 is 19.3 Å². The number of rotatable bonds is 5. The van der Waals surface area contributed by atoms with E-state index in [1.165, 1.54) is 24.3 Å². The lowest BCUT2D eigenvalue weighted by Gasteiger charge is -2.29. The Labute approximate surface area is 206 Å². The van der Waals surface area contributed by atoms with Crippen molar-refractivity contribution in [2.24, 2.45) is 5.92 Å². The van der Waals surface area contributed by atoms with E-state index >= 15 is 0 Å². The fraction of sp³-hybridized carbons (Fsp3) is 0.200. The highest BCUT2D eigenvalue weighted by Crippen LogP contribution is 2.48. The number of anilines is 3. The summed E-state index contributed by atoms with van der Waals surface area (Å²) in [6.45, 7) is 0. The third-order valence-electron chi connectivity index (χ3n) is 6.27. The zero-order valence-electron chi connectivity index (χ0n) is 18.9. The number of benzene rings is 3. The topological polar surface area (TPSA) is 96.2 Å². The Morgan fingerprint density at radius 3 is 2.06 bits per heavy atom. The number of hydrogen-bond donors (Lipinski definition) is 0. The van der Waals surface area contributed by atoms with Gasteiger partial charge in [0.2, 0.25) is 5.91 Å². The summed E-state index contributed by atoms with van der Waals surface area (Å²) in [5.74, 6) is -1.74. The van der Waals surface area contributed by atoms with E-state index in [0.29, 0.717) is 10.7 Å². The zero-order chi connectivity index (χ0) is 24.9. The molecule has 0 aromatic heterocycles. The lowest BCUT2D eigenvalue weighted by atomic mass is 9.90. The van der Waals surface area contributed by atoms with Gasteiger partial charge >= 0.3 is 0 Å². The van der Waals surface area contributed by atoms with Crippen LogP contribution in [0.4, 0.5) is 22.7 Å². The quantitative estimate of drug-likeness (QED) is 0.296. The SMILES string of the molecule is CN(C)c1ccc([C@H]2[C@H]3C(=O)N(c4ccc([N+](=O)[O-])cc4)C(=O)[C@@H]3ON2c2ccc(Cl)cc2)cc1. The van der Waals surface area contributed by atoms with E-state index in [1.807, 2.05) is 43.3 Å². The van der Waals surface area contributed by atoms with Gasteiger partial charge in [0.15, 0.2) is 6.10 Å². The maximum atomic E-state index is 13.6. The molecule has 3 atom stereocenters. The number of non-ortho nitro benzene ring substituents is 1. The fourth-order valence-electron chi connectivity index (χ4n) is 4.51. The van der Waals surface area contributed by atoms with Gasteiger partial charge in [0, 0.05) is 36.9 Å². The third kappa shape index (κ3) is 3.88. The minimum absolute atomic E-state index is 0.128. The number of nitro benzene ring substituents is 1. The number of imide groups is 1. The van der Waals surface area contributed by atoms with Gasteiger partial charge in [-0.05, 0) is 54.1 Å². The number of hydrogen-bond acceptors (Lipinski definition) is 7. The van der Waals surface area contributed by atoms with Gasteiger partial charge in [0.05, 0.1) is 22.3 Å². The molecule has 0 unspecified atom stereocenters. The molecule has 2 aliphatic rings. The Hall–Kier alpha value is -3.95. The van der Waals surface area contributed by atoms with Crippen molar-refractivity contribution in [2.75, 3.05) is 29.0 Å². The first kappa shape index (κ1) is 22.8. The number of halogens is 1. The Kier molecular flexibility index (Phi) is 5.66. The van der Waals surface area contributed by atoms with Gasteiger partial charge in [-0.3, -0.25) is 24.5 Å². The van der Waals surface area contributed by atoms with Crippen LogP contribution in [0, 0.1) is 16.0 Å². The van der Waals surface area contributed by atoms with Gasteiger partial charge in [-0.15, -0.1) is 0 Å². The molecule has 0 saturated carbocycles. The molecule has 0 bridgehead atoms. The Morgan fingerprint density at radius 2 is 1.49 bits per heavy atom. The van der Waals surface area contributed by atoms with Gasteiger partial charge in [-0.2, -0.15) is 0 Å². The molecule has 0 spiro atoms. The van der Waals surface area contributed by atoms with Crippen LogP contribution in [0.5, 0.6) is 0 Å². The standard InChI is InChI=1S/C25H21ClN4O5/c1-27(2)17-7-3-15(4-8-17)22-21-23(35-29(22)19-9-5-16(26)6-10-19)25(32)28(24(21)31)18-11-13-20(14-12-18)30(33)34/h3-14,21-23H,1-2H3/t21-,22+,23-/m1/s1. The van der Waals surface area contributed by atoms with Crippen LogP contribution in [-0.2, 0) is 14.4 Å². The van der Waals surface area contributed by atoms with Gasteiger partial charge in [0.1, 0.15) is 5.92 Å². The van der Waals surface area contributed by atoms with E-state index in [9.17, 15) is 19.7 Å². The highest BCUT2D eigenvalue weighted by molar-refractivity contribution is 6.30. The second-order valence-corrected chi connectivity index (χ2v) is 9.01. The predicted molar refractivity (Wildman–Crippen MR) is 131 cm³/mol. The second-order valence-electron chi connectivity index (χ2n) is 8.57. The molecule has 5 rings (SSSR count). The van der Waals surface area contributed by atoms with Crippen molar-refractivity contribution in [3.8, 4) is 0 Å². The van der Waals surface area contributed by atoms with Crippen molar-refractivity contribution >= 4 is 46.2 Å². The van der Waals surface area contributed by atoms with Gasteiger partial charge in [-0.25, -0.2) is 9.96 Å². The zero-order valence-corrected chi connectivity index (χ0v) is 19.6. The van der Waals surface area contributed by atoms with E-state index in [-0.39, 0.29) is 11.4 Å². The van der Waals surface area contributed by atoms with Crippen LogP contribution in [0.2, 0.25) is 5.02 Å². The third-order valence-corrected chi connectivity index (χ3v) is 6.52. The van der Waals surface area contributed by atoms with Crippen LogP contribution >= 0.6 is 11.6 Å². The molecular formula is C25H21ClN4O5. The number of hydroxylamine groups is 1. The van der Waals surface area contributed by atoms with Crippen molar-refractivity contribution in [2.45, 2.75) is 12.1 Å². The van der Waals surface area contributed by atoms with Gasteiger partial charge in [0.25, 0.3) is 11.6 Å². The summed E-state index contributed by atoms with van der Waals surface area (Å²) >= 11 is 6.06. The number of fused-ring (bicyclic) bond motifs is 1. The van der Waals surface area contributed by atoms with Crippen LogP contribution in [0.3, 0.4) is 0 Å². The molecule has 2 fully saturated rings. The van der Waals surface area contributed by atoms with Crippen LogP contribution < -0.4 is 14.9 Å². The molecular weight excluding hydrogens is 472 g/mol. The minimum Gasteiger partial charge on any atom is -0.378 e. The highest BCUT2D eigenvalue weighted by atomic mass is 35.5. The largest absolute Gasteiger partial charge is 0.378 e. The number of carbonyl (C=O) groups is 2. The maximum Gasteiger partial charge on any atom is 0.269 e. The summed E-state index contributed by atoms with van der Waals surface area (Å²) < 4.78 is 0. The molecule has 2 amide bonds. The molecule has 2 saturated heterocycles. The summed E-state index contributed by atoms with van der Waals surface area (Å²) in [7, 11) is 3.87. The summed E-state index contributed by atoms with van der Waals surface area (Å²) in [5.41, 5.74) is 2.60. The summed E-state index contributed by atoms with van der Waals surface area (Å²) in [5, 5.41) is 13.1. The first-order valence-corrected chi connectivity index (χ1v) is 11.2. The summed E-state index contributed by atoms with van der Waals surface area (Å²) in [4.78, 5) is 46.6. The monoisotopic (exact) mass is 492 g/mol. The molecule has 2 aliphatic heterocycles. The lowest BCUT2D eigenvalue weighted by Crippen LogP contribution is -2.37. The number of carbonyl (C=O) groups excluding carboxylic acids is 2. The number of nitrogens with zero attached hydrogens (tertiary/aromatic N) is 4. The van der Waals surface area contributed by atoms with Crippen LogP contribution in [0.15, 0.2) is 72.8 Å². The number of amides is 2. The number of nitro groups is 1. The molecule has 0 aliphatic carbocycles. The van der Waals surface area contributed by atoms with Crippen LogP contribution in [0.1, 0.15) is 11.6 Å². The highest BCUT2D eigenvalue weighted by Gasteiger charge is 2.60. The normalized spacial score (nSPS) is 21.4. The Bertz CT molecular complexity index is 1290. The summed E-state index contributed by atoms with van der Waals surface area (Å²) in [6.07, 6.45) is -1.04. The first-order valence-electron chi connectivity index (χ1n) is 10.9. The molecule has 9 nitrogen and oxygen atoms in total. The maximum absolute atomic E-state index is 13.6. The van der Waals surface area contributed by atoms with Gasteiger partial charge in [-0.1, -0.05) is 23.7 Å². The van der Waals surface area contributed by atoms with Crippen molar-refractivity contribution in [1.82, 2.24) is 0 Å². The fourth-order valence-corrected chi connectivity index (χ4v) is 4.64. The second kappa shape index (κ2) is 8.68. The average Bonchev–Trinajstić information content (AvgIpc) is 3.35. The summed E-state index contributed by atoms with van der Waals surface area (Å²) in [6, 6.07) is 19.4. The minimum atomic E-state index is -1.04. The molecule has 178 valence electrons. The van der Waals surface area contributed by atoms with Crippen molar-refractivity contribution in [3.63, 3.8) is 0 Å². The van der Waals surface area contributed by atoms with Crippen molar-refractivity contribution in [3.05, 3.63) is 93.5 Å². The lowest BCUT2D eigenvalue weighted by molar-refractivity contribution is -0.384. The smallest absolute Gasteiger partial charge is 0.269 e. The molecule has 3 aromatic rings. The molecule has 3 aromatic carbocycles. The molecule has 0 radical (unpaired) electrons. The first-order chi connectivity index (χ1) is 16.8. The molecule has 35 heavy (non-hydrogen) atoms. The molecule has 2 heterocycles. The molecule has 10 heteroatoms. The van der Waals surface area contributed by atoms with E-state index in [1.54, 1.807) is 29.3 Å². The van der Waals surface area contributed by atoms with Crippen LogP contribution in [0.25, 0.3) is 0 Å².